The van der Waals surface area contributed by atoms with Crippen molar-refractivity contribution >= 4 is 29.0 Å². The number of rotatable bonds is 4. The van der Waals surface area contributed by atoms with Crippen LogP contribution >= 0.6 is 23.1 Å². The summed E-state index contributed by atoms with van der Waals surface area (Å²) in [6.45, 7) is 6.45. The van der Waals surface area contributed by atoms with Gasteiger partial charge in [0.1, 0.15) is 10.4 Å². The number of carbonyl (C=O) groups excluding carboxylic acids is 1. The molecule has 0 spiro atoms. The Labute approximate surface area is 157 Å². The van der Waals surface area contributed by atoms with Crippen LogP contribution in [0.5, 0.6) is 5.75 Å². The highest BCUT2D eigenvalue weighted by Gasteiger charge is 2.25. The zero-order valence-corrected chi connectivity index (χ0v) is 16.6. The Bertz CT molecular complexity index is 857. The van der Waals surface area contributed by atoms with E-state index in [2.05, 4.69) is 35.9 Å². The van der Waals surface area contributed by atoms with Crippen LogP contribution in [0, 0.1) is 5.92 Å². The van der Waals surface area contributed by atoms with Gasteiger partial charge in [0.05, 0.1) is 12.7 Å². The van der Waals surface area contributed by atoms with E-state index < -0.39 is 0 Å². The molecule has 1 aromatic heterocycles. The Balaban J connectivity index is 2.03. The quantitative estimate of drug-likeness (QED) is 0.776. The second-order valence-electron chi connectivity index (χ2n) is 7.46. The summed E-state index contributed by atoms with van der Waals surface area (Å²) in [5.41, 5.74) is 1.51. The molecular weight excluding hydrogens is 356 g/mol. The molecule has 0 radical (unpaired) electrons. The average Bonchev–Trinajstić information content (AvgIpc) is 3.26. The monoisotopic (exact) mass is 378 g/mol. The van der Waals surface area contributed by atoms with Crippen LogP contribution in [-0.2, 0) is 12.0 Å². The molecule has 1 aliphatic rings. The molecule has 0 saturated heterocycles. The number of carbonyl (C=O) groups is 1. The van der Waals surface area contributed by atoms with Crippen LogP contribution in [0.3, 0.4) is 0 Å². The lowest BCUT2D eigenvalue weighted by atomic mass is 10.1. The molecule has 1 aromatic carbocycles. The molecule has 0 aliphatic heterocycles. The second-order valence-corrected chi connectivity index (χ2v) is 8.86. The summed E-state index contributed by atoms with van der Waals surface area (Å²) in [7, 11) is 1.54. The van der Waals surface area contributed by atoms with Crippen LogP contribution in [0.25, 0.3) is 0 Å². The van der Waals surface area contributed by atoms with E-state index in [1.165, 1.54) is 31.5 Å². The van der Waals surface area contributed by atoms with E-state index in [4.69, 9.17) is 16.3 Å². The van der Waals surface area contributed by atoms with E-state index in [0.29, 0.717) is 16.3 Å². The zero-order chi connectivity index (χ0) is 18.2. The number of hydrogen-bond acceptors (Lipinski definition) is 3. The van der Waals surface area contributed by atoms with E-state index >= 15 is 0 Å². The Morgan fingerprint density at radius 3 is 2.72 bits per heavy atom. The molecule has 1 fully saturated rings. The Morgan fingerprint density at radius 2 is 2.12 bits per heavy atom. The fraction of sp³-hybridized carbons (Fsp3) is 0.474. The van der Waals surface area contributed by atoms with Crippen LogP contribution in [0.1, 0.15) is 49.5 Å². The molecule has 1 heterocycles. The molecule has 0 N–H and O–H groups in total. The van der Waals surface area contributed by atoms with Crippen molar-refractivity contribution in [2.45, 2.75) is 45.6 Å². The third-order valence-corrected chi connectivity index (χ3v) is 5.81. The average molecular weight is 379 g/mol. The third kappa shape index (κ3) is 4.33. The molecule has 1 amide bonds. The van der Waals surface area contributed by atoms with Gasteiger partial charge < -0.3 is 4.74 Å². The highest BCUT2D eigenvalue weighted by Crippen LogP contribution is 2.32. The first kappa shape index (κ1) is 18.2. The van der Waals surface area contributed by atoms with Gasteiger partial charge in [-0.25, -0.2) is 0 Å². The number of nitrogens with zero attached hydrogens (tertiary/aromatic N) is 2. The van der Waals surface area contributed by atoms with Gasteiger partial charge in [0.2, 0.25) is 0 Å². The first-order valence-corrected chi connectivity index (χ1v) is 9.58. The minimum Gasteiger partial charge on any atom is -0.496 e. The number of benzene rings is 1. The summed E-state index contributed by atoms with van der Waals surface area (Å²) >= 11 is 7.57. The van der Waals surface area contributed by atoms with Gasteiger partial charge in [-0.1, -0.05) is 11.6 Å². The van der Waals surface area contributed by atoms with Crippen molar-refractivity contribution in [2.75, 3.05) is 7.11 Å². The van der Waals surface area contributed by atoms with Crippen LogP contribution < -0.4 is 9.41 Å². The van der Waals surface area contributed by atoms with Crippen LogP contribution in [0.2, 0.25) is 5.02 Å². The van der Waals surface area contributed by atoms with Gasteiger partial charge in [0.15, 0.2) is 0 Å². The maximum atomic E-state index is 12.8. The Kier molecular flexibility index (Phi) is 5.07. The van der Waals surface area contributed by atoms with E-state index in [9.17, 15) is 4.79 Å². The first-order chi connectivity index (χ1) is 11.8. The summed E-state index contributed by atoms with van der Waals surface area (Å²) in [6.07, 6.45) is 5.66. The van der Waals surface area contributed by atoms with Gasteiger partial charge in [-0.05, 0) is 75.7 Å². The highest BCUT2D eigenvalue weighted by molar-refractivity contribution is 7.04. The summed E-state index contributed by atoms with van der Waals surface area (Å²) in [5.74, 6) is 0.897. The summed E-state index contributed by atoms with van der Waals surface area (Å²) in [4.78, 5) is 17.2. The van der Waals surface area contributed by atoms with E-state index in [1.54, 1.807) is 18.2 Å². The van der Waals surface area contributed by atoms with Crippen molar-refractivity contribution in [2.24, 2.45) is 10.9 Å². The molecule has 6 heteroatoms. The minimum absolute atomic E-state index is 0.0342. The number of aromatic nitrogens is 1. The van der Waals surface area contributed by atoms with Gasteiger partial charge in [0.25, 0.3) is 5.91 Å². The Hall–Kier alpha value is -1.59. The molecule has 25 heavy (non-hydrogen) atoms. The van der Waals surface area contributed by atoms with Crippen molar-refractivity contribution in [3.8, 4) is 5.75 Å². The number of amides is 1. The molecule has 1 saturated carbocycles. The van der Waals surface area contributed by atoms with Crippen molar-refractivity contribution in [3.63, 3.8) is 0 Å². The topological polar surface area (TPSA) is 43.6 Å². The molecule has 1 aliphatic carbocycles. The lowest BCUT2D eigenvalue weighted by Gasteiger charge is -2.19. The predicted octanol–water partition coefficient (Wildman–Crippen LogP) is 4.66. The summed E-state index contributed by atoms with van der Waals surface area (Å²) in [6, 6.07) is 5.01. The molecule has 134 valence electrons. The standard InChI is InChI=1S/C19H23ClN2O2S/c1-19(2,3)22-11-13(9-12-5-6-12)18(25-22)21-17(23)15-10-14(20)7-8-16(15)24-4/h7-8,10-12H,5-6,9H2,1-4H3/b21-18-. The number of methoxy groups -OCH3 is 1. The maximum absolute atomic E-state index is 12.8. The molecule has 0 atom stereocenters. The fourth-order valence-corrected chi connectivity index (χ4v) is 3.76. The zero-order valence-electron chi connectivity index (χ0n) is 15.0. The lowest BCUT2D eigenvalue weighted by Crippen LogP contribution is -2.18. The summed E-state index contributed by atoms with van der Waals surface area (Å²) < 4.78 is 8.24. The van der Waals surface area contributed by atoms with E-state index in [-0.39, 0.29) is 11.4 Å². The molecule has 2 aromatic rings. The van der Waals surface area contributed by atoms with Gasteiger partial charge in [0, 0.05) is 22.3 Å². The predicted molar refractivity (Wildman–Crippen MR) is 102 cm³/mol. The van der Waals surface area contributed by atoms with E-state index in [0.717, 1.165) is 22.6 Å². The Morgan fingerprint density at radius 1 is 1.40 bits per heavy atom. The van der Waals surface area contributed by atoms with E-state index in [1.807, 2.05) is 0 Å². The molecule has 3 rings (SSSR count). The third-order valence-electron chi connectivity index (χ3n) is 4.19. The van der Waals surface area contributed by atoms with Crippen molar-refractivity contribution in [1.29, 1.82) is 0 Å². The van der Waals surface area contributed by atoms with Gasteiger partial charge >= 0.3 is 0 Å². The number of ether oxygens (including phenoxy) is 1. The van der Waals surface area contributed by atoms with Gasteiger partial charge in [-0.15, -0.1) is 0 Å². The molecule has 0 bridgehead atoms. The maximum Gasteiger partial charge on any atom is 0.282 e. The SMILES string of the molecule is COc1ccc(Cl)cc1C(=O)/N=c1\sn(C(C)(C)C)cc1CC1CC1. The smallest absolute Gasteiger partial charge is 0.282 e. The number of halogens is 1. The minimum atomic E-state index is -0.320. The lowest BCUT2D eigenvalue weighted by molar-refractivity contribution is 0.0996. The van der Waals surface area contributed by atoms with Crippen molar-refractivity contribution < 1.29 is 9.53 Å². The highest BCUT2D eigenvalue weighted by atomic mass is 35.5. The molecule has 0 unspecified atom stereocenters. The van der Waals surface area contributed by atoms with Gasteiger partial charge in [-0.3, -0.25) is 8.75 Å². The number of hydrogen-bond donors (Lipinski definition) is 0. The summed E-state index contributed by atoms with van der Waals surface area (Å²) in [5, 5.41) is 0.494. The van der Waals surface area contributed by atoms with Crippen LogP contribution in [-0.4, -0.2) is 17.0 Å². The van der Waals surface area contributed by atoms with Crippen molar-refractivity contribution in [1.82, 2.24) is 3.96 Å². The van der Waals surface area contributed by atoms with Crippen LogP contribution in [0.4, 0.5) is 0 Å². The van der Waals surface area contributed by atoms with Crippen LogP contribution in [0.15, 0.2) is 29.4 Å². The normalized spacial score (nSPS) is 15.5. The second kappa shape index (κ2) is 6.96. The fourth-order valence-electron chi connectivity index (χ4n) is 2.57. The molecule has 4 nitrogen and oxygen atoms in total. The van der Waals surface area contributed by atoms with Crippen molar-refractivity contribution in [3.05, 3.63) is 45.2 Å². The molecular formula is C19H23ClN2O2S. The van der Waals surface area contributed by atoms with Gasteiger partial charge in [-0.2, -0.15) is 4.99 Å². The largest absolute Gasteiger partial charge is 0.496 e. The first-order valence-electron chi connectivity index (χ1n) is 8.43.